The van der Waals surface area contributed by atoms with Gasteiger partial charge in [0.15, 0.2) is 0 Å². The lowest BCUT2D eigenvalue weighted by Crippen LogP contribution is -2.35. The number of rotatable bonds is 4. The maximum atomic E-state index is 9.55. The maximum absolute atomic E-state index is 9.55. The Balaban J connectivity index is 0.000000300. The Morgan fingerprint density at radius 1 is 0.893 bits per heavy atom. The van der Waals surface area contributed by atoms with Gasteiger partial charge in [-0.3, -0.25) is 0 Å². The van der Waals surface area contributed by atoms with Gasteiger partial charge in [0.05, 0.1) is 0 Å². The van der Waals surface area contributed by atoms with Gasteiger partial charge < -0.3 is 15.1 Å². The van der Waals surface area contributed by atoms with E-state index in [1.165, 1.54) is 29.7 Å². The van der Waals surface area contributed by atoms with Crippen molar-refractivity contribution in [1.29, 1.82) is 0 Å². The second-order valence-electron chi connectivity index (χ2n) is 7.10. The number of carboxylic acids is 2. The van der Waals surface area contributed by atoms with Gasteiger partial charge in [0.1, 0.15) is 0 Å². The third-order valence-electron chi connectivity index (χ3n) is 4.92. The summed E-state index contributed by atoms with van der Waals surface area (Å²) < 4.78 is 0. The van der Waals surface area contributed by atoms with Gasteiger partial charge in [0, 0.05) is 24.6 Å². The molecule has 5 heteroatoms. The molecular formula is C23H27NO4. The van der Waals surface area contributed by atoms with Crippen LogP contribution in [-0.4, -0.2) is 47.2 Å². The fraction of sp³-hybridized carbons (Fsp3) is 0.304. The lowest BCUT2D eigenvalue weighted by Gasteiger charge is -2.37. The highest BCUT2D eigenvalue weighted by Crippen LogP contribution is 2.39. The first-order valence-corrected chi connectivity index (χ1v) is 9.31. The number of carbonyl (C=O) groups is 2. The van der Waals surface area contributed by atoms with Gasteiger partial charge in [-0.05, 0) is 44.0 Å². The molecule has 0 saturated carbocycles. The van der Waals surface area contributed by atoms with Crippen LogP contribution in [0.5, 0.6) is 0 Å². The third-order valence-corrected chi connectivity index (χ3v) is 4.92. The van der Waals surface area contributed by atoms with Crippen LogP contribution in [0.15, 0.2) is 66.7 Å². The molecule has 5 nitrogen and oxygen atoms in total. The molecule has 3 rings (SSSR count). The number of piperidine rings is 1. The summed E-state index contributed by atoms with van der Waals surface area (Å²) in [5, 5.41) is 15.6. The van der Waals surface area contributed by atoms with E-state index >= 15 is 0 Å². The second kappa shape index (κ2) is 10.4. The molecule has 2 atom stereocenters. The zero-order chi connectivity index (χ0) is 20.5. The highest BCUT2D eigenvalue weighted by atomic mass is 16.4. The van der Waals surface area contributed by atoms with Crippen molar-refractivity contribution in [3.63, 3.8) is 0 Å². The van der Waals surface area contributed by atoms with Crippen LogP contribution in [0.2, 0.25) is 0 Å². The minimum atomic E-state index is -1.26. The molecule has 2 unspecified atom stereocenters. The number of hydrogen-bond donors (Lipinski definition) is 2. The van der Waals surface area contributed by atoms with Crippen LogP contribution in [0.1, 0.15) is 34.9 Å². The van der Waals surface area contributed by atoms with E-state index in [2.05, 4.69) is 73.5 Å². The number of nitrogens with zero attached hydrogens (tertiary/aromatic N) is 1. The quantitative estimate of drug-likeness (QED) is 0.785. The van der Waals surface area contributed by atoms with E-state index in [-0.39, 0.29) is 0 Å². The van der Waals surface area contributed by atoms with Crippen LogP contribution in [0.25, 0.3) is 0 Å². The fourth-order valence-corrected chi connectivity index (χ4v) is 3.51. The molecule has 1 aliphatic rings. The first-order valence-electron chi connectivity index (χ1n) is 9.31. The number of hydrogen-bond acceptors (Lipinski definition) is 3. The van der Waals surface area contributed by atoms with Gasteiger partial charge in [0.25, 0.3) is 0 Å². The van der Waals surface area contributed by atoms with Crippen molar-refractivity contribution in [1.82, 2.24) is 4.90 Å². The van der Waals surface area contributed by atoms with E-state index in [1.54, 1.807) is 0 Å². The van der Waals surface area contributed by atoms with Gasteiger partial charge in [-0.2, -0.15) is 0 Å². The van der Waals surface area contributed by atoms with Crippen LogP contribution in [0.4, 0.5) is 0 Å². The number of carboxylic acid groups (broad SMARTS) is 2. The molecule has 0 aromatic heterocycles. The van der Waals surface area contributed by atoms with Crippen LogP contribution in [-0.2, 0) is 9.59 Å². The molecular weight excluding hydrogens is 354 g/mol. The van der Waals surface area contributed by atoms with Crippen molar-refractivity contribution in [2.24, 2.45) is 0 Å². The molecule has 1 aliphatic heterocycles. The van der Waals surface area contributed by atoms with Crippen molar-refractivity contribution in [2.75, 3.05) is 20.1 Å². The molecule has 2 N–H and O–H groups in total. The predicted molar refractivity (Wildman–Crippen MR) is 110 cm³/mol. The molecule has 0 spiro atoms. The molecule has 2 aromatic rings. The van der Waals surface area contributed by atoms with Crippen molar-refractivity contribution < 1.29 is 19.8 Å². The molecule has 1 saturated heterocycles. The van der Waals surface area contributed by atoms with Gasteiger partial charge in [-0.25, -0.2) is 9.59 Å². The van der Waals surface area contributed by atoms with E-state index < -0.39 is 11.9 Å². The highest BCUT2D eigenvalue weighted by Gasteiger charge is 2.29. The van der Waals surface area contributed by atoms with Gasteiger partial charge in [0.2, 0.25) is 0 Å². The van der Waals surface area contributed by atoms with Crippen molar-refractivity contribution in [3.05, 3.63) is 83.4 Å². The van der Waals surface area contributed by atoms with Crippen molar-refractivity contribution in [2.45, 2.75) is 25.2 Å². The van der Waals surface area contributed by atoms with Crippen LogP contribution < -0.4 is 0 Å². The maximum Gasteiger partial charge on any atom is 0.328 e. The monoisotopic (exact) mass is 381 g/mol. The van der Waals surface area contributed by atoms with Crippen LogP contribution in [0, 0.1) is 6.92 Å². The van der Waals surface area contributed by atoms with Crippen molar-refractivity contribution in [3.8, 4) is 0 Å². The van der Waals surface area contributed by atoms with Gasteiger partial charge in [-0.1, -0.05) is 60.2 Å². The number of benzene rings is 2. The predicted octanol–water partition coefficient (Wildman–Crippen LogP) is 3.91. The second-order valence-corrected chi connectivity index (χ2v) is 7.10. The largest absolute Gasteiger partial charge is 0.478 e. The Kier molecular flexibility index (Phi) is 7.96. The topological polar surface area (TPSA) is 77.8 Å². The fourth-order valence-electron chi connectivity index (χ4n) is 3.51. The Bertz CT molecular complexity index is 783. The number of aliphatic carboxylic acids is 2. The molecule has 28 heavy (non-hydrogen) atoms. The average molecular weight is 381 g/mol. The Morgan fingerprint density at radius 3 is 1.96 bits per heavy atom. The summed E-state index contributed by atoms with van der Waals surface area (Å²) in [6.45, 7) is 4.51. The third kappa shape index (κ3) is 6.67. The summed E-state index contributed by atoms with van der Waals surface area (Å²) in [5.74, 6) is -1.26. The van der Waals surface area contributed by atoms with E-state index in [0.29, 0.717) is 24.0 Å². The van der Waals surface area contributed by atoms with Crippen LogP contribution in [0.3, 0.4) is 0 Å². The van der Waals surface area contributed by atoms with Crippen molar-refractivity contribution >= 4 is 11.9 Å². The summed E-state index contributed by atoms with van der Waals surface area (Å²) in [5.41, 5.74) is 4.32. The molecule has 1 heterocycles. The Morgan fingerprint density at radius 2 is 1.43 bits per heavy atom. The minimum absolute atomic E-state index is 0.558. The zero-order valence-electron chi connectivity index (χ0n) is 16.3. The molecule has 0 bridgehead atoms. The Hall–Kier alpha value is -2.92. The standard InChI is InChI=1S/C19H23N.C4H4O4/c1-15-8-10-17(11-9-15)18-12-13-20(2)14-19(18)16-6-4-3-5-7-16;5-3(6)1-2-4(7)8/h3-11,18-19H,12-14H2,1-2H3;1-2H,(H,5,6)(H,7,8). The first-order chi connectivity index (χ1) is 13.4. The molecule has 148 valence electrons. The summed E-state index contributed by atoms with van der Waals surface area (Å²) in [4.78, 5) is 21.6. The lowest BCUT2D eigenvalue weighted by atomic mass is 9.77. The SMILES string of the molecule is Cc1ccc(C2CCN(C)CC2c2ccccc2)cc1.O=C(O)C=CC(=O)O. The molecule has 0 amide bonds. The van der Waals surface area contributed by atoms with Gasteiger partial charge in [-0.15, -0.1) is 0 Å². The Labute approximate surface area is 165 Å². The zero-order valence-corrected chi connectivity index (χ0v) is 16.3. The van der Waals surface area contributed by atoms with E-state index in [9.17, 15) is 9.59 Å². The average Bonchev–Trinajstić information content (AvgIpc) is 2.68. The number of aryl methyl sites for hydroxylation is 1. The van der Waals surface area contributed by atoms with E-state index in [1.807, 2.05) is 0 Å². The molecule has 0 aliphatic carbocycles. The lowest BCUT2D eigenvalue weighted by molar-refractivity contribution is -0.134. The van der Waals surface area contributed by atoms with E-state index in [4.69, 9.17) is 10.2 Å². The van der Waals surface area contributed by atoms with E-state index in [0.717, 1.165) is 6.54 Å². The normalized spacial score (nSPS) is 19.6. The summed E-state index contributed by atoms with van der Waals surface area (Å²) in [7, 11) is 2.24. The minimum Gasteiger partial charge on any atom is -0.478 e. The molecule has 0 radical (unpaired) electrons. The number of likely N-dealkylation sites (N-methyl/N-ethyl adjacent to an activating group) is 1. The smallest absolute Gasteiger partial charge is 0.328 e. The number of likely N-dealkylation sites (tertiary alicyclic amines) is 1. The summed E-state index contributed by atoms with van der Waals surface area (Å²) in [6, 6.07) is 20.1. The van der Waals surface area contributed by atoms with Gasteiger partial charge >= 0.3 is 11.9 Å². The first kappa shape index (κ1) is 21.4. The highest BCUT2D eigenvalue weighted by molar-refractivity contribution is 5.89. The molecule has 1 fully saturated rings. The van der Waals surface area contributed by atoms with Crippen LogP contribution >= 0.6 is 0 Å². The summed E-state index contributed by atoms with van der Waals surface area (Å²) >= 11 is 0. The summed E-state index contributed by atoms with van der Waals surface area (Å²) in [6.07, 6.45) is 2.36. The molecule has 2 aromatic carbocycles.